The van der Waals surface area contributed by atoms with E-state index in [1.807, 2.05) is 29.8 Å². The quantitative estimate of drug-likeness (QED) is 0.539. The van der Waals surface area contributed by atoms with E-state index in [9.17, 15) is 13.6 Å². The first-order chi connectivity index (χ1) is 15.0. The van der Waals surface area contributed by atoms with Crippen molar-refractivity contribution >= 4 is 22.9 Å². The normalized spacial score (nSPS) is 12.9. The molecular formula is C24H25F2N3O2. The number of primary amides is 1. The van der Waals surface area contributed by atoms with Crippen LogP contribution in [0.4, 0.5) is 8.78 Å². The van der Waals surface area contributed by atoms with Crippen LogP contribution >= 0.6 is 0 Å². The van der Waals surface area contributed by atoms with Crippen molar-refractivity contribution < 1.29 is 18.3 Å². The summed E-state index contributed by atoms with van der Waals surface area (Å²) in [5, 5.41) is 0.899. The Kier molecular flexibility index (Phi) is 5.93. The molecule has 4 rings (SSSR count). The van der Waals surface area contributed by atoms with Gasteiger partial charge in [0, 0.05) is 36.8 Å². The minimum absolute atomic E-state index is 0.0672. The van der Waals surface area contributed by atoms with E-state index >= 15 is 0 Å². The number of nitrogens with two attached hydrogens (primary N) is 1. The molecule has 0 unspecified atom stereocenters. The Balaban J connectivity index is 1.44. The van der Waals surface area contributed by atoms with Gasteiger partial charge in [-0.2, -0.15) is 0 Å². The van der Waals surface area contributed by atoms with E-state index < -0.39 is 11.7 Å². The molecule has 2 heterocycles. The van der Waals surface area contributed by atoms with Gasteiger partial charge in [0.05, 0.1) is 16.8 Å². The molecule has 5 nitrogen and oxygen atoms in total. The van der Waals surface area contributed by atoms with Gasteiger partial charge < -0.3 is 19.9 Å². The largest absolute Gasteiger partial charge is 0.484 e. The van der Waals surface area contributed by atoms with Gasteiger partial charge in [0.2, 0.25) is 5.91 Å². The lowest BCUT2D eigenvalue weighted by Crippen LogP contribution is -2.29. The van der Waals surface area contributed by atoms with Crippen LogP contribution in [0.25, 0.3) is 17.0 Å². The number of unbranched alkanes of at least 4 members (excludes halogenated alkanes) is 1. The predicted octanol–water partition coefficient (Wildman–Crippen LogP) is 4.55. The SMILES string of the molecule is CCN(CCCCn1ccc2cccc(F)c21)C1=Cc2c(C(N)=O)ccc(F)c2OC1. The summed E-state index contributed by atoms with van der Waals surface area (Å²) in [5.74, 6) is -1.27. The molecular weight excluding hydrogens is 400 g/mol. The Hall–Kier alpha value is -3.35. The summed E-state index contributed by atoms with van der Waals surface area (Å²) >= 11 is 0. The van der Waals surface area contributed by atoms with Gasteiger partial charge in [0.15, 0.2) is 11.6 Å². The molecule has 0 fully saturated rings. The zero-order chi connectivity index (χ0) is 22.0. The summed E-state index contributed by atoms with van der Waals surface area (Å²) in [5.41, 5.74) is 7.59. The summed E-state index contributed by atoms with van der Waals surface area (Å²) in [6, 6.07) is 9.61. The number of likely N-dealkylation sites (N-methyl/N-ethyl adjacent to an activating group) is 1. The number of rotatable bonds is 8. The Morgan fingerprint density at radius 2 is 2.00 bits per heavy atom. The van der Waals surface area contributed by atoms with Crippen molar-refractivity contribution in [3.63, 3.8) is 0 Å². The second-order valence-corrected chi connectivity index (χ2v) is 7.60. The smallest absolute Gasteiger partial charge is 0.249 e. The van der Waals surface area contributed by atoms with Crippen LogP contribution in [0.2, 0.25) is 0 Å². The summed E-state index contributed by atoms with van der Waals surface area (Å²) in [4.78, 5) is 13.9. The maximum absolute atomic E-state index is 14.1. The number of halogens is 2. The number of ether oxygens (including phenoxy) is 1. The Bertz CT molecular complexity index is 1150. The number of hydrogen-bond acceptors (Lipinski definition) is 3. The number of hydrogen-bond donors (Lipinski definition) is 1. The van der Waals surface area contributed by atoms with Crippen molar-refractivity contribution in [2.24, 2.45) is 5.73 Å². The summed E-state index contributed by atoms with van der Waals surface area (Å²) < 4.78 is 35.8. The lowest BCUT2D eigenvalue weighted by molar-refractivity contribution is 0.0999. The number of nitrogens with zero attached hydrogens (tertiary/aromatic N) is 2. The number of aryl methyl sites for hydroxylation is 1. The molecule has 0 bridgehead atoms. The molecule has 0 saturated carbocycles. The molecule has 31 heavy (non-hydrogen) atoms. The van der Waals surface area contributed by atoms with Gasteiger partial charge in [-0.1, -0.05) is 12.1 Å². The van der Waals surface area contributed by atoms with Crippen LogP contribution in [0.5, 0.6) is 5.75 Å². The third-order valence-corrected chi connectivity index (χ3v) is 5.69. The maximum Gasteiger partial charge on any atom is 0.249 e. The van der Waals surface area contributed by atoms with Gasteiger partial charge in [-0.05, 0) is 50.1 Å². The fourth-order valence-corrected chi connectivity index (χ4v) is 4.11. The average Bonchev–Trinajstić information content (AvgIpc) is 3.18. The molecule has 162 valence electrons. The third-order valence-electron chi connectivity index (χ3n) is 5.69. The molecule has 1 aromatic heterocycles. The molecule has 2 N–H and O–H groups in total. The summed E-state index contributed by atoms with van der Waals surface area (Å²) in [7, 11) is 0. The van der Waals surface area contributed by atoms with E-state index in [2.05, 4.69) is 4.90 Å². The van der Waals surface area contributed by atoms with Gasteiger partial charge in [-0.3, -0.25) is 4.79 Å². The molecule has 0 aliphatic carbocycles. The molecule has 1 amide bonds. The zero-order valence-electron chi connectivity index (χ0n) is 17.4. The fourth-order valence-electron chi connectivity index (χ4n) is 4.11. The number of carbonyl (C=O) groups excluding carboxylic acids is 1. The van der Waals surface area contributed by atoms with Gasteiger partial charge in [-0.25, -0.2) is 8.78 Å². The number of amides is 1. The average molecular weight is 425 g/mol. The van der Waals surface area contributed by atoms with E-state index in [0.717, 1.165) is 43.6 Å². The van der Waals surface area contributed by atoms with Gasteiger partial charge in [-0.15, -0.1) is 0 Å². The van der Waals surface area contributed by atoms with Crippen LogP contribution in [0.15, 0.2) is 48.3 Å². The van der Waals surface area contributed by atoms with Crippen molar-refractivity contribution in [2.75, 3.05) is 19.7 Å². The molecule has 2 aromatic carbocycles. The Morgan fingerprint density at radius 3 is 2.77 bits per heavy atom. The highest BCUT2D eigenvalue weighted by molar-refractivity contribution is 5.98. The van der Waals surface area contributed by atoms with E-state index in [1.54, 1.807) is 12.1 Å². The van der Waals surface area contributed by atoms with Gasteiger partial charge in [0.25, 0.3) is 0 Å². The summed E-state index contributed by atoms with van der Waals surface area (Å²) in [6.07, 6.45) is 5.47. The lowest BCUT2D eigenvalue weighted by Gasteiger charge is -2.30. The molecule has 1 aliphatic heterocycles. The topological polar surface area (TPSA) is 60.5 Å². The zero-order valence-corrected chi connectivity index (χ0v) is 17.4. The van der Waals surface area contributed by atoms with Crippen LogP contribution in [-0.4, -0.2) is 35.1 Å². The molecule has 0 spiro atoms. The molecule has 0 saturated heterocycles. The van der Waals surface area contributed by atoms with Gasteiger partial charge >= 0.3 is 0 Å². The highest BCUT2D eigenvalue weighted by atomic mass is 19.1. The first kappa shape index (κ1) is 20.9. The molecule has 3 aromatic rings. The highest BCUT2D eigenvalue weighted by Gasteiger charge is 2.23. The molecule has 1 aliphatic rings. The van der Waals surface area contributed by atoms with E-state index in [4.69, 9.17) is 10.5 Å². The second kappa shape index (κ2) is 8.79. The van der Waals surface area contributed by atoms with E-state index in [1.165, 1.54) is 18.2 Å². The summed E-state index contributed by atoms with van der Waals surface area (Å²) in [6.45, 7) is 4.49. The number of benzene rings is 2. The lowest BCUT2D eigenvalue weighted by atomic mass is 10.0. The number of para-hydroxylation sites is 1. The second-order valence-electron chi connectivity index (χ2n) is 7.60. The first-order valence-corrected chi connectivity index (χ1v) is 10.4. The molecule has 0 radical (unpaired) electrons. The van der Waals surface area contributed by atoms with E-state index in [-0.39, 0.29) is 23.7 Å². The van der Waals surface area contributed by atoms with Crippen LogP contribution in [0.1, 0.15) is 35.7 Å². The minimum atomic E-state index is -0.619. The monoisotopic (exact) mass is 425 g/mol. The molecule has 0 atom stereocenters. The van der Waals surface area contributed by atoms with Crippen LogP contribution < -0.4 is 10.5 Å². The highest BCUT2D eigenvalue weighted by Crippen LogP contribution is 2.33. The van der Waals surface area contributed by atoms with Gasteiger partial charge in [0.1, 0.15) is 12.4 Å². The van der Waals surface area contributed by atoms with Crippen molar-refractivity contribution in [3.8, 4) is 5.75 Å². The van der Waals surface area contributed by atoms with Crippen molar-refractivity contribution in [1.29, 1.82) is 0 Å². The van der Waals surface area contributed by atoms with Crippen LogP contribution in [-0.2, 0) is 6.54 Å². The number of fused-ring (bicyclic) bond motifs is 2. The van der Waals surface area contributed by atoms with Crippen LogP contribution in [0.3, 0.4) is 0 Å². The fraction of sp³-hybridized carbons (Fsp3) is 0.292. The number of carbonyl (C=O) groups is 1. The van der Waals surface area contributed by atoms with Crippen LogP contribution in [0, 0.1) is 11.6 Å². The Labute approximate surface area is 179 Å². The van der Waals surface area contributed by atoms with Crippen molar-refractivity contribution in [2.45, 2.75) is 26.3 Å². The molecule has 7 heteroatoms. The number of aromatic nitrogens is 1. The standard InChI is InChI=1S/C24H25F2N3O2/c1-2-28(11-3-4-12-29-13-10-16-6-5-7-20(25)22(16)29)17-14-19-18(24(27)30)8-9-21(26)23(19)31-15-17/h5-10,13-14H,2-4,11-12,15H2,1H3,(H2,27,30). The predicted molar refractivity (Wildman–Crippen MR) is 117 cm³/mol. The minimum Gasteiger partial charge on any atom is -0.484 e. The van der Waals surface area contributed by atoms with Crippen molar-refractivity contribution in [1.82, 2.24) is 9.47 Å². The van der Waals surface area contributed by atoms with E-state index in [0.29, 0.717) is 11.1 Å². The van der Waals surface area contributed by atoms with Crippen molar-refractivity contribution in [3.05, 3.63) is 71.1 Å². The Morgan fingerprint density at radius 1 is 1.16 bits per heavy atom. The maximum atomic E-state index is 14.1. The first-order valence-electron chi connectivity index (χ1n) is 10.4. The third kappa shape index (κ3) is 4.13.